The first-order chi connectivity index (χ1) is 7.06. The Morgan fingerprint density at radius 2 is 2.07 bits per heavy atom. The van der Waals surface area contributed by atoms with Crippen molar-refractivity contribution in [1.29, 1.82) is 0 Å². The molecule has 1 aromatic rings. The third-order valence-electron chi connectivity index (χ3n) is 2.01. The minimum absolute atomic E-state index is 0.0297. The fraction of sp³-hybridized carbons (Fsp3) is 0.300. The summed E-state index contributed by atoms with van der Waals surface area (Å²) in [6, 6.07) is 2.83. The number of ether oxygens (including phenoxy) is 1. The lowest BCUT2D eigenvalue weighted by atomic mass is 10.1. The van der Waals surface area contributed by atoms with Crippen molar-refractivity contribution in [3.8, 4) is 17.2 Å². The van der Waals surface area contributed by atoms with Crippen LogP contribution in [0.15, 0.2) is 12.1 Å². The topological polar surface area (TPSA) is 87.0 Å². The van der Waals surface area contributed by atoms with Crippen LogP contribution in [0.25, 0.3) is 0 Å². The molecule has 0 amide bonds. The molecule has 0 saturated carbocycles. The first kappa shape index (κ1) is 11.2. The number of aromatic hydroxyl groups is 2. The number of phenolic OH excluding ortho intramolecular Hbond substituents is 2. The molecule has 0 atom stereocenters. The van der Waals surface area contributed by atoms with Crippen LogP contribution < -0.4 is 4.74 Å². The number of aryl methyl sites for hydroxylation is 1. The lowest BCUT2D eigenvalue weighted by molar-refractivity contribution is -0.136. The number of methoxy groups -OCH3 is 1. The number of carboxylic acids is 1. The predicted octanol–water partition coefficient (Wildman–Crippen LogP) is 1.12. The van der Waals surface area contributed by atoms with Crippen molar-refractivity contribution in [2.24, 2.45) is 0 Å². The molecule has 3 N–H and O–H groups in total. The molecule has 0 aromatic heterocycles. The summed E-state index contributed by atoms with van der Waals surface area (Å²) in [4.78, 5) is 10.3. The number of carboxylic acid groups (broad SMARTS) is 1. The Hall–Kier alpha value is -1.91. The van der Waals surface area contributed by atoms with E-state index in [1.54, 1.807) is 0 Å². The highest BCUT2D eigenvalue weighted by molar-refractivity contribution is 5.67. The van der Waals surface area contributed by atoms with Gasteiger partial charge in [-0.05, 0) is 18.1 Å². The maximum absolute atomic E-state index is 10.3. The van der Waals surface area contributed by atoms with Gasteiger partial charge in [0.05, 0.1) is 7.11 Å². The maximum atomic E-state index is 10.3. The Kier molecular flexibility index (Phi) is 3.38. The Bertz CT molecular complexity index is 372. The number of rotatable bonds is 4. The number of aliphatic carboxylic acids is 1. The number of benzene rings is 1. The van der Waals surface area contributed by atoms with Crippen LogP contribution in [0.5, 0.6) is 17.2 Å². The Labute approximate surface area is 86.5 Å². The molecule has 0 fully saturated rings. The molecule has 0 saturated heterocycles. The molecule has 0 aliphatic heterocycles. The maximum Gasteiger partial charge on any atom is 0.303 e. The van der Waals surface area contributed by atoms with Crippen LogP contribution in [-0.2, 0) is 11.2 Å². The Morgan fingerprint density at radius 1 is 1.40 bits per heavy atom. The van der Waals surface area contributed by atoms with Gasteiger partial charge in [-0.25, -0.2) is 0 Å². The Balaban J connectivity index is 2.94. The van der Waals surface area contributed by atoms with E-state index in [-0.39, 0.29) is 30.1 Å². The van der Waals surface area contributed by atoms with E-state index >= 15 is 0 Å². The average molecular weight is 212 g/mol. The third-order valence-corrected chi connectivity index (χ3v) is 2.01. The molecule has 0 heterocycles. The molecule has 82 valence electrons. The highest BCUT2D eigenvalue weighted by Crippen LogP contribution is 2.38. The van der Waals surface area contributed by atoms with Crippen LogP contribution >= 0.6 is 0 Å². The lowest BCUT2D eigenvalue weighted by Crippen LogP contribution is -1.98. The van der Waals surface area contributed by atoms with Crippen molar-refractivity contribution in [2.45, 2.75) is 12.8 Å². The SMILES string of the molecule is COc1c(O)ccc(CCC(=O)O)c1O. The van der Waals surface area contributed by atoms with Gasteiger partial charge in [0, 0.05) is 6.42 Å². The second-order valence-electron chi connectivity index (χ2n) is 3.02. The Morgan fingerprint density at radius 3 is 2.60 bits per heavy atom. The molecule has 1 rings (SSSR count). The second-order valence-corrected chi connectivity index (χ2v) is 3.02. The molecule has 5 heteroatoms. The molecule has 0 bridgehead atoms. The second kappa shape index (κ2) is 4.54. The summed E-state index contributed by atoms with van der Waals surface area (Å²) in [6.45, 7) is 0. The molecule has 15 heavy (non-hydrogen) atoms. The highest BCUT2D eigenvalue weighted by atomic mass is 16.5. The molecule has 0 aliphatic carbocycles. The van der Waals surface area contributed by atoms with Crippen molar-refractivity contribution < 1.29 is 24.9 Å². The zero-order chi connectivity index (χ0) is 11.4. The third kappa shape index (κ3) is 2.52. The van der Waals surface area contributed by atoms with Gasteiger partial charge in [-0.1, -0.05) is 6.07 Å². The molecule has 1 aromatic carbocycles. The summed E-state index contributed by atoms with van der Waals surface area (Å²) in [6.07, 6.45) is 0.110. The van der Waals surface area contributed by atoms with E-state index in [9.17, 15) is 15.0 Å². The van der Waals surface area contributed by atoms with Gasteiger partial charge in [-0.3, -0.25) is 4.79 Å². The van der Waals surface area contributed by atoms with Crippen molar-refractivity contribution in [2.75, 3.05) is 7.11 Å². The van der Waals surface area contributed by atoms with Crippen molar-refractivity contribution >= 4 is 5.97 Å². The summed E-state index contributed by atoms with van der Waals surface area (Å²) in [7, 11) is 1.32. The largest absolute Gasteiger partial charge is 0.504 e. The summed E-state index contributed by atoms with van der Waals surface area (Å²) < 4.78 is 4.78. The van der Waals surface area contributed by atoms with Gasteiger partial charge in [0.15, 0.2) is 11.5 Å². The number of hydrogen-bond acceptors (Lipinski definition) is 4. The highest BCUT2D eigenvalue weighted by Gasteiger charge is 2.13. The van der Waals surface area contributed by atoms with E-state index in [0.717, 1.165) is 0 Å². The zero-order valence-electron chi connectivity index (χ0n) is 8.23. The van der Waals surface area contributed by atoms with Crippen LogP contribution in [0, 0.1) is 0 Å². The molecule has 0 unspecified atom stereocenters. The van der Waals surface area contributed by atoms with Crippen molar-refractivity contribution in [3.63, 3.8) is 0 Å². The van der Waals surface area contributed by atoms with Crippen molar-refractivity contribution in [1.82, 2.24) is 0 Å². The zero-order valence-corrected chi connectivity index (χ0v) is 8.23. The van der Waals surface area contributed by atoms with Gasteiger partial charge in [0.25, 0.3) is 0 Å². The van der Waals surface area contributed by atoms with Gasteiger partial charge in [0.1, 0.15) is 0 Å². The predicted molar refractivity (Wildman–Crippen MR) is 52.3 cm³/mol. The van der Waals surface area contributed by atoms with Crippen molar-refractivity contribution in [3.05, 3.63) is 17.7 Å². The van der Waals surface area contributed by atoms with E-state index in [2.05, 4.69) is 0 Å². The number of hydrogen-bond donors (Lipinski definition) is 3. The van der Waals surface area contributed by atoms with Gasteiger partial charge in [-0.2, -0.15) is 0 Å². The van der Waals surface area contributed by atoms with Crippen LogP contribution in [0.2, 0.25) is 0 Å². The molecule has 0 spiro atoms. The molecular weight excluding hydrogens is 200 g/mol. The first-order valence-electron chi connectivity index (χ1n) is 4.36. The van der Waals surface area contributed by atoms with E-state index in [0.29, 0.717) is 5.56 Å². The summed E-state index contributed by atoms with van der Waals surface area (Å²) >= 11 is 0. The molecular formula is C10H12O5. The number of carbonyl (C=O) groups is 1. The molecule has 5 nitrogen and oxygen atoms in total. The van der Waals surface area contributed by atoms with Crippen LogP contribution in [0.1, 0.15) is 12.0 Å². The van der Waals surface area contributed by atoms with E-state index in [4.69, 9.17) is 9.84 Å². The van der Waals surface area contributed by atoms with Gasteiger partial charge < -0.3 is 20.1 Å². The summed E-state index contributed by atoms with van der Waals surface area (Å²) in [5, 5.41) is 27.4. The standard InChI is InChI=1S/C10H12O5/c1-15-10-7(11)4-2-6(9(10)14)3-5-8(12)13/h2,4,11,14H,3,5H2,1H3,(H,12,13). The number of phenols is 2. The van der Waals surface area contributed by atoms with Crippen LogP contribution in [0.4, 0.5) is 0 Å². The summed E-state index contributed by atoms with van der Waals surface area (Å²) in [5.74, 6) is -1.35. The smallest absolute Gasteiger partial charge is 0.303 e. The van der Waals surface area contributed by atoms with E-state index in [1.807, 2.05) is 0 Å². The monoisotopic (exact) mass is 212 g/mol. The van der Waals surface area contributed by atoms with Gasteiger partial charge in [0.2, 0.25) is 5.75 Å². The van der Waals surface area contributed by atoms with Crippen LogP contribution in [-0.4, -0.2) is 28.4 Å². The first-order valence-corrected chi connectivity index (χ1v) is 4.36. The van der Waals surface area contributed by atoms with Gasteiger partial charge in [-0.15, -0.1) is 0 Å². The molecule has 0 radical (unpaired) electrons. The minimum atomic E-state index is -0.943. The van der Waals surface area contributed by atoms with Crippen LogP contribution in [0.3, 0.4) is 0 Å². The summed E-state index contributed by atoms with van der Waals surface area (Å²) in [5.41, 5.74) is 0.437. The fourth-order valence-corrected chi connectivity index (χ4v) is 1.25. The molecule has 0 aliphatic rings. The van der Waals surface area contributed by atoms with E-state index < -0.39 is 5.97 Å². The quantitative estimate of drug-likeness (QED) is 0.696. The fourth-order valence-electron chi connectivity index (χ4n) is 1.25. The lowest BCUT2D eigenvalue weighted by Gasteiger charge is -2.09. The van der Waals surface area contributed by atoms with E-state index in [1.165, 1.54) is 19.2 Å². The van der Waals surface area contributed by atoms with Gasteiger partial charge >= 0.3 is 5.97 Å². The minimum Gasteiger partial charge on any atom is -0.504 e. The average Bonchev–Trinajstić information content (AvgIpc) is 2.17. The normalized spacial score (nSPS) is 9.93.